The van der Waals surface area contributed by atoms with Crippen molar-refractivity contribution >= 4 is 35.8 Å². The van der Waals surface area contributed by atoms with Crippen molar-refractivity contribution in [2.75, 3.05) is 6.26 Å². The molecule has 0 amide bonds. The predicted octanol–water partition coefficient (Wildman–Crippen LogP) is 2.89. The van der Waals surface area contributed by atoms with Gasteiger partial charge in [0.05, 0.1) is 9.79 Å². The molecule has 2 aromatic carbocycles. The maximum Gasteiger partial charge on any atom is 0.241 e. The molecule has 0 aliphatic rings. The maximum atomic E-state index is 12.3. The van der Waals surface area contributed by atoms with Crippen LogP contribution in [0.5, 0.6) is 0 Å². The lowest BCUT2D eigenvalue weighted by Gasteiger charge is -2.15. The summed E-state index contributed by atoms with van der Waals surface area (Å²) >= 11 is 3.26. The highest BCUT2D eigenvalue weighted by Crippen LogP contribution is 2.20. The van der Waals surface area contributed by atoms with Gasteiger partial charge < -0.3 is 0 Å². The van der Waals surface area contributed by atoms with Gasteiger partial charge in [0.1, 0.15) is 0 Å². The summed E-state index contributed by atoms with van der Waals surface area (Å²) in [5.74, 6) is 0. The van der Waals surface area contributed by atoms with E-state index in [9.17, 15) is 16.8 Å². The molecule has 0 saturated heterocycles. The molecule has 0 aromatic heterocycles. The fraction of sp³-hybridized carbons (Fsp3) is 0.200. The molecule has 0 radical (unpaired) electrons. The lowest BCUT2D eigenvalue weighted by atomic mass is 10.1. The van der Waals surface area contributed by atoms with Crippen molar-refractivity contribution in [2.24, 2.45) is 0 Å². The molecule has 0 heterocycles. The molecular formula is C15H16BrNO4S2. The maximum absolute atomic E-state index is 12.3. The second-order valence-corrected chi connectivity index (χ2v) is 9.78. The number of sulfone groups is 1. The lowest BCUT2D eigenvalue weighted by molar-refractivity contribution is 0.566. The molecule has 5 nitrogen and oxygen atoms in total. The van der Waals surface area contributed by atoms with Gasteiger partial charge in [-0.25, -0.2) is 21.6 Å². The Morgan fingerprint density at radius 1 is 0.870 bits per heavy atom. The van der Waals surface area contributed by atoms with Crippen molar-refractivity contribution in [1.82, 2.24) is 4.72 Å². The lowest BCUT2D eigenvalue weighted by Crippen LogP contribution is -2.26. The number of hydrogen-bond donors (Lipinski definition) is 1. The largest absolute Gasteiger partial charge is 0.241 e. The molecule has 2 aromatic rings. The molecule has 8 heteroatoms. The van der Waals surface area contributed by atoms with Gasteiger partial charge in [0.2, 0.25) is 10.0 Å². The number of hydrogen-bond acceptors (Lipinski definition) is 4. The average molecular weight is 418 g/mol. The molecule has 2 rings (SSSR count). The molecule has 0 spiro atoms. The van der Waals surface area contributed by atoms with Crippen LogP contribution >= 0.6 is 15.9 Å². The van der Waals surface area contributed by atoms with Crippen LogP contribution in [0.15, 0.2) is 62.8 Å². The Morgan fingerprint density at radius 3 is 1.83 bits per heavy atom. The zero-order valence-corrected chi connectivity index (χ0v) is 15.7. The van der Waals surface area contributed by atoms with Gasteiger partial charge in [-0.05, 0) is 48.9 Å². The third-order valence-electron chi connectivity index (χ3n) is 3.26. The number of benzene rings is 2. The molecule has 0 aliphatic heterocycles. The zero-order valence-electron chi connectivity index (χ0n) is 12.5. The summed E-state index contributed by atoms with van der Waals surface area (Å²) < 4.78 is 50.9. The van der Waals surface area contributed by atoms with Gasteiger partial charge in [-0.3, -0.25) is 0 Å². The van der Waals surface area contributed by atoms with Gasteiger partial charge in [-0.2, -0.15) is 0 Å². The van der Waals surface area contributed by atoms with Crippen LogP contribution < -0.4 is 4.72 Å². The van der Waals surface area contributed by atoms with E-state index >= 15 is 0 Å². The van der Waals surface area contributed by atoms with E-state index in [1.54, 1.807) is 31.2 Å². The van der Waals surface area contributed by atoms with Gasteiger partial charge >= 0.3 is 0 Å². The summed E-state index contributed by atoms with van der Waals surface area (Å²) in [6.07, 6.45) is 1.13. The van der Waals surface area contributed by atoms with Crippen molar-refractivity contribution in [3.8, 4) is 0 Å². The Morgan fingerprint density at radius 2 is 1.35 bits per heavy atom. The molecular weight excluding hydrogens is 402 g/mol. The van der Waals surface area contributed by atoms with Crippen LogP contribution in [0.4, 0.5) is 0 Å². The van der Waals surface area contributed by atoms with Crippen molar-refractivity contribution in [3.63, 3.8) is 0 Å². The first-order chi connectivity index (χ1) is 10.6. The van der Waals surface area contributed by atoms with Gasteiger partial charge in [0.25, 0.3) is 0 Å². The number of rotatable bonds is 5. The van der Waals surface area contributed by atoms with E-state index < -0.39 is 25.9 Å². The van der Waals surface area contributed by atoms with E-state index in [4.69, 9.17) is 0 Å². The average Bonchev–Trinajstić information content (AvgIpc) is 2.46. The SMILES string of the molecule is C[C@H](NS(=O)(=O)c1ccc(Br)cc1)c1ccc(S(C)(=O)=O)cc1. The quantitative estimate of drug-likeness (QED) is 0.810. The zero-order chi connectivity index (χ0) is 17.3. The van der Waals surface area contributed by atoms with Crippen LogP contribution in [0.3, 0.4) is 0 Å². The molecule has 1 atom stereocenters. The topological polar surface area (TPSA) is 80.3 Å². The standard InChI is InChI=1S/C15H16BrNO4S2/c1-11(12-3-7-14(8-4-12)22(2,18)19)17-23(20,21)15-9-5-13(16)6-10-15/h3-11,17H,1-2H3/t11-/m0/s1. The summed E-state index contributed by atoms with van der Waals surface area (Å²) in [4.78, 5) is 0.365. The van der Waals surface area contributed by atoms with Crippen LogP contribution in [0.1, 0.15) is 18.5 Å². The van der Waals surface area contributed by atoms with Crippen LogP contribution in [0.25, 0.3) is 0 Å². The number of halogens is 1. The highest BCUT2D eigenvalue weighted by atomic mass is 79.9. The normalized spacial score (nSPS) is 13.7. The van der Waals surface area contributed by atoms with E-state index in [2.05, 4.69) is 20.7 Å². The highest BCUT2D eigenvalue weighted by molar-refractivity contribution is 9.10. The van der Waals surface area contributed by atoms with Crippen molar-refractivity contribution in [1.29, 1.82) is 0 Å². The first kappa shape index (κ1) is 18.1. The van der Waals surface area contributed by atoms with Gasteiger partial charge in [-0.15, -0.1) is 0 Å². The Balaban J connectivity index is 2.21. The number of nitrogens with one attached hydrogen (secondary N) is 1. The smallest absolute Gasteiger partial charge is 0.224 e. The fourth-order valence-corrected chi connectivity index (χ4v) is 4.11. The summed E-state index contributed by atoms with van der Waals surface area (Å²) in [5, 5.41) is 0. The third kappa shape index (κ3) is 4.63. The third-order valence-corrected chi connectivity index (χ3v) is 6.48. The summed E-state index contributed by atoms with van der Waals surface area (Å²) in [5.41, 5.74) is 0.679. The van der Waals surface area contributed by atoms with E-state index in [0.717, 1.165) is 10.7 Å². The van der Waals surface area contributed by atoms with Crippen molar-refractivity contribution < 1.29 is 16.8 Å². The van der Waals surface area contributed by atoms with E-state index in [-0.39, 0.29) is 9.79 Å². The predicted molar refractivity (Wildman–Crippen MR) is 92.4 cm³/mol. The molecule has 1 N–H and O–H groups in total. The Hall–Kier alpha value is -1.22. The molecule has 0 saturated carbocycles. The van der Waals surface area contributed by atoms with E-state index in [0.29, 0.717) is 5.56 Å². The van der Waals surface area contributed by atoms with Gasteiger partial charge in [0.15, 0.2) is 9.84 Å². The number of sulfonamides is 1. The molecule has 0 unspecified atom stereocenters. The second-order valence-electron chi connectivity index (χ2n) is 5.14. The Kier molecular flexibility index (Phi) is 5.30. The van der Waals surface area contributed by atoms with Crippen LogP contribution in [-0.2, 0) is 19.9 Å². The molecule has 0 bridgehead atoms. The van der Waals surface area contributed by atoms with Crippen molar-refractivity contribution in [3.05, 3.63) is 58.6 Å². The van der Waals surface area contributed by atoms with Gasteiger partial charge in [0, 0.05) is 16.8 Å². The van der Waals surface area contributed by atoms with Crippen molar-refractivity contribution in [2.45, 2.75) is 22.8 Å². The van der Waals surface area contributed by atoms with Crippen LogP contribution in [0.2, 0.25) is 0 Å². The summed E-state index contributed by atoms with van der Waals surface area (Å²) in [6.45, 7) is 1.70. The Labute approximate surface area is 144 Å². The minimum Gasteiger partial charge on any atom is -0.224 e. The fourth-order valence-electron chi connectivity index (χ4n) is 1.99. The highest BCUT2D eigenvalue weighted by Gasteiger charge is 2.18. The Bertz CT molecular complexity index is 889. The molecule has 0 aliphatic carbocycles. The minimum absolute atomic E-state index is 0.167. The van der Waals surface area contributed by atoms with E-state index in [1.807, 2.05) is 0 Å². The monoisotopic (exact) mass is 417 g/mol. The van der Waals surface area contributed by atoms with E-state index in [1.165, 1.54) is 24.3 Å². The summed E-state index contributed by atoms with van der Waals surface area (Å²) in [6, 6.07) is 12.0. The van der Waals surface area contributed by atoms with Crippen LogP contribution in [-0.4, -0.2) is 23.1 Å². The van der Waals surface area contributed by atoms with Crippen LogP contribution in [0, 0.1) is 0 Å². The van der Waals surface area contributed by atoms with Gasteiger partial charge in [-0.1, -0.05) is 28.1 Å². The first-order valence-corrected chi connectivity index (χ1v) is 10.8. The minimum atomic E-state index is -3.65. The molecule has 0 fully saturated rings. The first-order valence-electron chi connectivity index (χ1n) is 6.67. The molecule has 23 heavy (non-hydrogen) atoms. The summed E-state index contributed by atoms with van der Waals surface area (Å²) in [7, 11) is -6.92. The molecule has 124 valence electrons. The second kappa shape index (κ2) is 6.72.